The molecule has 3 nitrogen and oxygen atoms in total. The fourth-order valence-electron chi connectivity index (χ4n) is 0.920. The van der Waals surface area contributed by atoms with Crippen LogP contribution >= 0.6 is 22.9 Å². The Morgan fingerprint density at radius 2 is 2.46 bits per heavy atom. The van der Waals surface area contributed by atoms with Crippen molar-refractivity contribution in [2.24, 2.45) is 0 Å². The molecule has 2 aromatic heterocycles. The molecule has 0 aliphatic rings. The first-order chi connectivity index (χ1) is 6.34. The highest BCUT2D eigenvalue weighted by Crippen LogP contribution is 2.16. The molecule has 0 atom stereocenters. The zero-order valence-corrected chi connectivity index (χ0v) is 8.23. The van der Waals surface area contributed by atoms with Crippen molar-refractivity contribution in [3.63, 3.8) is 0 Å². The lowest BCUT2D eigenvalue weighted by Crippen LogP contribution is -1.96. The summed E-state index contributed by atoms with van der Waals surface area (Å²) in [6.07, 6.45) is 1.75. The first-order valence-electron chi connectivity index (χ1n) is 3.72. The van der Waals surface area contributed by atoms with Crippen LogP contribution in [-0.2, 0) is 6.54 Å². The Bertz CT molecular complexity index is 371. The number of hydrogen-bond acceptors (Lipinski definition) is 4. The Labute approximate surface area is 84.4 Å². The minimum Gasteiger partial charge on any atom is -0.448 e. The van der Waals surface area contributed by atoms with E-state index in [0.717, 1.165) is 10.9 Å². The average Bonchev–Trinajstić information content (AvgIpc) is 2.71. The van der Waals surface area contributed by atoms with Crippen molar-refractivity contribution in [1.82, 2.24) is 4.98 Å². The Morgan fingerprint density at radius 3 is 3.08 bits per heavy atom. The van der Waals surface area contributed by atoms with Gasteiger partial charge in [0.25, 0.3) is 0 Å². The Kier molecular flexibility index (Phi) is 2.52. The van der Waals surface area contributed by atoms with E-state index in [2.05, 4.69) is 10.3 Å². The van der Waals surface area contributed by atoms with Crippen molar-refractivity contribution >= 4 is 28.1 Å². The van der Waals surface area contributed by atoms with Gasteiger partial charge in [-0.2, -0.15) is 0 Å². The zero-order valence-electron chi connectivity index (χ0n) is 6.66. The molecule has 0 fully saturated rings. The summed E-state index contributed by atoms with van der Waals surface area (Å²) >= 11 is 7.17. The molecular weight excluding hydrogens is 208 g/mol. The monoisotopic (exact) mass is 214 g/mol. The van der Waals surface area contributed by atoms with Crippen LogP contribution in [0.2, 0.25) is 5.22 Å². The number of nitrogens with zero attached hydrogens (tertiary/aromatic N) is 1. The fourth-order valence-corrected chi connectivity index (χ4v) is 1.61. The van der Waals surface area contributed by atoms with Gasteiger partial charge in [0.1, 0.15) is 5.76 Å². The lowest BCUT2D eigenvalue weighted by Gasteiger charge is -1.97. The molecular formula is C8H7ClN2OS. The summed E-state index contributed by atoms with van der Waals surface area (Å²) in [5, 5.41) is 6.32. The number of halogens is 1. The van der Waals surface area contributed by atoms with Crippen LogP contribution in [0.25, 0.3) is 0 Å². The summed E-state index contributed by atoms with van der Waals surface area (Å²) in [5.74, 6) is 0.806. The van der Waals surface area contributed by atoms with Gasteiger partial charge >= 0.3 is 0 Å². The van der Waals surface area contributed by atoms with Gasteiger partial charge in [0, 0.05) is 11.6 Å². The molecule has 0 aliphatic carbocycles. The van der Waals surface area contributed by atoms with Crippen molar-refractivity contribution in [3.8, 4) is 0 Å². The van der Waals surface area contributed by atoms with E-state index in [4.69, 9.17) is 16.0 Å². The van der Waals surface area contributed by atoms with E-state index < -0.39 is 0 Å². The Hall–Kier alpha value is -1.00. The van der Waals surface area contributed by atoms with Gasteiger partial charge in [0.15, 0.2) is 10.4 Å². The van der Waals surface area contributed by atoms with Gasteiger partial charge in [0.05, 0.1) is 6.54 Å². The van der Waals surface area contributed by atoms with E-state index in [0.29, 0.717) is 11.8 Å². The van der Waals surface area contributed by atoms with Gasteiger partial charge in [-0.05, 0) is 23.7 Å². The smallest absolute Gasteiger partial charge is 0.193 e. The van der Waals surface area contributed by atoms with Crippen LogP contribution in [0.1, 0.15) is 5.76 Å². The van der Waals surface area contributed by atoms with Gasteiger partial charge in [-0.3, -0.25) is 0 Å². The van der Waals surface area contributed by atoms with Crippen molar-refractivity contribution in [2.75, 3.05) is 5.32 Å². The second kappa shape index (κ2) is 3.81. The van der Waals surface area contributed by atoms with Crippen molar-refractivity contribution in [3.05, 3.63) is 34.7 Å². The van der Waals surface area contributed by atoms with Crippen LogP contribution < -0.4 is 5.32 Å². The van der Waals surface area contributed by atoms with Gasteiger partial charge < -0.3 is 9.73 Å². The van der Waals surface area contributed by atoms with Gasteiger partial charge in [0.2, 0.25) is 0 Å². The second-order valence-corrected chi connectivity index (χ2v) is 3.66. The normalized spacial score (nSPS) is 10.2. The van der Waals surface area contributed by atoms with Crippen LogP contribution in [0.3, 0.4) is 0 Å². The maximum atomic E-state index is 5.61. The summed E-state index contributed by atoms with van der Waals surface area (Å²) in [6, 6.07) is 3.56. The second-order valence-electron chi connectivity index (χ2n) is 2.40. The molecule has 0 radical (unpaired) electrons. The van der Waals surface area contributed by atoms with Crippen molar-refractivity contribution < 1.29 is 4.42 Å². The highest BCUT2D eigenvalue weighted by molar-refractivity contribution is 7.13. The number of anilines is 1. The number of rotatable bonds is 3. The largest absolute Gasteiger partial charge is 0.448 e. The Balaban J connectivity index is 1.93. The lowest BCUT2D eigenvalue weighted by atomic mass is 10.4. The molecule has 0 aliphatic heterocycles. The SMILES string of the molecule is Clc1ccc(CNc2nccs2)o1. The predicted octanol–water partition coefficient (Wildman–Crippen LogP) is 3.00. The van der Waals surface area contributed by atoms with Crippen LogP contribution in [0.5, 0.6) is 0 Å². The van der Waals surface area contributed by atoms with Crippen LogP contribution in [0.4, 0.5) is 5.13 Å². The molecule has 2 heterocycles. The lowest BCUT2D eigenvalue weighted by molar-refractivity contribution is 0.520. The minimum absolute atomic E-state index is 0.413. The summed E-state index contributed by atoms with van der Waals surface area (Å²) in [5.41, 5.74) is 0. The van der Waals surface area contributed by atoms with E-state index in [-0.39, 0.29) is 0 Å². The summed E-state index contributed by atoms with van der Waals surface area (Å²) in [7, 11) is 0. The molecule has 5 heteroatoms. The highest BCUT2D eigenvalue weighted by atomic mass is 35.5. The maximum Gasteiger partial charge on any atom is 0.193 e. The highest BCUT2D eigenvalue weighted by Gasteiger charge is 1.99. The Morgan fingerprint density at radius 1 is 1.54 bits per heavy atom. The van der Waals surface area contributed by atoms with Crippen LogP contribution in [-0.4, -0.2) is 4.98 Å². The van der Waals surface area contributed by atoms with Gasteiger partial charge in [-0.15, -0.1) is 11.3 Å². The quantitative estimate of drug-likeness (QED) is 0.854. The maximum absolute atomic E-state index is 5.61. The van der Waals surface area contributed by atoms with Crippen LogP contribution in [0, 0.1) is 0 Å². The first-order valence-corrected chi connectivity index (χ1v) is 4.98. The molecule has 2 aromatic rings. The van der Waals surface area contributed by atoms with E-state index in [1.54, 1.807) is 23.6 Å². The van der Waals surface area contributed by atoms with Crippen molar-refractivity contribution in [1.29, 1.82) is 0 Å². The predicted molar refractivity (Wildman–Crippen MR) is 53.2 cm³/mol. The number of thiazole rings is 1. The topological polar surface area (TPSA) is 38.1 Å². The number of furan rings is 1. The fraction of sp³-hybridized carbons (Fsp3) is 0.125. The average molecular weight is 215 g/mol. The van der Waals surface area contributed by atoms with Gasteiger partial charge in [-0.1, -0.05) is 0 Å². The summed E-state index contributed by atoms with van der Waals surface area (Å²) in [4.78, 5) is 4.07. The van der Waals surface area contributed by atoms with E-state index in [1.807, 2.05) is 11.4 Å². The molecule has 0 spiro atoms. The minimum atomic E-state index is 0.413. The molecule has 68 valence electrons. The number of hydrogen-bond donors (Lipinski definition) is 1. The summed E-state index contributed by atoms with van der Waals surface area (Å²) in [6.45, 7) is 0.611. The molecule has 0 bridgehead atoms. The number of aromatic nitrogens is 1. The van der Waals surface area contributed by atoms with Crippen LogP contribution in [0.15, 0.2) is 28.1 Å². The van der Waals surface area contributed by atoms with E-state index in [1.165, 1.54) is 0 Å². The molecule has 13 heavy (non-hydrogen) atoms. The molecule has 2 rings (SSSR count). The first kappa shape index (κ1) is 8.59. The zero-order chi connectivity index (χ0) is 9.10. The molecule has 0 saturated heterocycles. The van der Waals surface area contributed by atoms with E-state index in [9.17, 15) is 0 Å². The van der Waals surface area contributed by atoms with Gasteiger partial charge in [-0.25, -0.2) is 4.98 Å². The molecule has 0 aromatic carbocycles. The van der Waals surface area contributed by atoms with Crippen molar-refractivity contribution in [2.45, 2.75) is 6.54 Å². The molecule has 1 N–H and O–H groups in total. The third-order valence-electron chi connectivity index (χ3n) is 1.48. The standard InChI is InChI=1S/C8H7ClN2OS/c9-7-2-1-6(12-7)5-11-8-10-3-4-13-8/h1-4H,5H2,(H,10,11). The third kappa shape index (κ3) is 2.23. The van der Waals surface area contributed by atoms with E-state index >= 15 is 0 Å². The summed E-state index contributed by atoms with van der Waals surface area (Å²) < 4.78 is 5.16. The third-order valence-corrected chi connectivity index (χ3v) is 2.41. The number of nitrogens with one attached hydrogen (secondary N) is 1. The molecule has 0 amide bonds. The molecule has 0 saturated carbocycles. The molecule has 0 unspecified atom stereocenters.